The highest BCUT2D eigenvalue weighted by Gasteiger charge is 2.36. The highest BCUT2D eigenvalue weighted by molar-refractivity contribution is 6.00. The number of ether oxygens (including phenoxy) is 3. The van der Waals surface area contributed by atoms with E-state index < -0.39 is 36.3 Å². The predicted molar refractivity (Wildman–Crippen MR) is 139 cm³/mol. The van der Waals surface area contributed by atoms with Crippen molar-refractivity contribution in [2.45, 2.75) is 40.2 Å². The smallest absolute Gasteiger partial charge is 0.338 e. The standard InChI is InChI=1S/C28H32N2O8/c1-17(2)15-36-26(33)19-5-9-22(10-6-19)29-24(31)16-37-27(34)21-13-25(32)30(14-21)23-11-7-20(8-12-23)28(35)38-18(3)4/h5-12,17-18,21H,13-16H2,1-4H3,(H,29,31)/t21-/m0/s1. The van der Waals surface area contributed by atoms with E-state index in [1.165, 1.54) is 17.0 Å². The number of carbonyl (C=O) groups excluding carboxylic acids is 5. The summed E-state index contributed by atoms with van der Waals surface area (Å²) in [6.07, 6.45) is -0.298. The highest BCUT2D eigenvalue weighted by Crippen LogP contribution is 2.26. The summed E-state index contributed by atoms with van der Waals surface area (Å²) in [7, 11) is 0. The Bertz CT molecular complexity index is 1170. The summed E-state index contributed by atoms with van der Waals surface area (Å²) in [6.45, 7) is 7.28. The van der Waals surface area contributed by atoms with Crippen molar-refractivity contribution >= 4 is 41.1 Å². The van der Waals surface area contributed by atoms with Crippen LogP contribution in [0.4, 0.5) is 11.4 Å². The van der Waals surface area contributed by atoms with Crippen molar-refractivity contribution in [1.82, 2.24) is 0 Å². The molecule has 2 amide bonds. The number of esters is 3. The molecule has 1 heterocycles. The van der Waals surface area contributed by atoms with Crippen molar-refractivity contribution in [3.8, 4) is 0 Å². The van der Waals surface area contributed by atoms with Gasteiger partial charge in [0.05, 0.1) is 29.8 Å². The lowest BCUT2D eigenvalue weighted by Crippen LogP contribution is -2.28. The lowest BCUT2D eigenvalue weighted by Gasteiger charge is -2.17. The zero-order chi connectivity index (χ0) is 27.8. The third-order valence-corrected chi connectivity index (χ3v) is 5.51. The van der Waals surface area contributed by atoms with Crippen molar-refractivity contribution in [2.24, 2.45) is 11.8 Å². The Labute approximate surface area is 221 Å². The third kappa shape index (κ3) is 7.89. The molecule has 10 nitrogen and oxygen atoms in total. The van der Waals surface area contributed by atoms with Crippen LogP contribution in [0.5, 0.6) is 0 Å². The molecule has 1 aliphatic rings. The summed E-state index contributed by atoms with van der Waals surface area (Å²) < 4.78 is 15.4. The topological polar surface area (TPSA) is 128 Å². The van der Waals surface area contributed by atoms with Crippen molar-refractivity contribution in [2.75, 3.05) is 30.0 Å². The molecular formula is C28H32N2O8. The van der Waals surface area contributed by atoms with Crippen LogP contribution in [0.2, 0.25) is 0 Å². The van der Waals surface area contributed by atoms with Gasteiger partial charge in [-0.25, -0.2) is 9.59 Å². The maximum absolute atomic E-state index is 12.5. The monoisotopic (exact) mass is 524 g/mol. The molecule has 1 aliphatic heterocycles. The van der Waals surface area contributed by atoms with Gasteiger partial charge in [-0.3, -0.25) is 14.4 Å². The van der Waals surface area contributed by atoms with Crippen molar-refractivity contribution in [3.05, 3.63) is 59.7 Å². The predicted octanol–water partition coefficient (Wildman–Crippen LogP) is 3.60. The summed E-state index contributed by atoms with van der Waals surface area (Å²) in [4.78, 5) is 62.7. The van der Waals surface area contributed by atoms with Crippen LogP contribution in [0.25, 0.3) is 0 Å². The maximum Gasteiger partial charge on any atom is 0.338 e. The largest absolute Gasteiger partial charge is 0.462 e. The van der Waals surface area contributed by atoms with E-state index in [0.29, 0.717) is 29.1 Å². The minimum Gasteiger partial charge on any atom is -0.462 e. The van der Waals surface area contributed by atoms with Gasteiger partial charge in [0.15, 0.2) is 6.61 Å². The molecule has 1 fully saturated rings. The van der Waals surface area contributed by atoms with E-state index in [4.69, 9.17) is 14.2 Å². The van der Waals surface area contributed by atoms with Gasteiger partial charge in [0.25, 0.3) is 5.91 Å². The molecule has 3 rings (SSSR count). The maximum atomic E-state index is 12.5. The number of hydrogen-bond acceptors (Lipinski definition) is 8. The molecule has 0 aliphatic carbocycles. The summed E-state index contributed by atoms with van der Waals surface area (Å²) in [5.74, 6) is -2.89. The van der Waals surface area contributed by atoms with Crippen molar-refractivity contribution < 1.29 is 38.2 Å². The minimum atomic E-state index is -0.725. The van der Waals surface area contributed by atoms with E-state index in [-0.39, 0.29) is 30.9 Å². The van der Waals surface area contributed by atoms with Crippen molar-refractivity contribution in [1.29, 1.82) is 0 Å². The zero-order valence-electron chi connectivity index (χ0n) is 21.9. The average molecular weight is 525 g/mol. The van der Waals surface area contributed by atoms with E-state index in [1.54, 1.807) is 50.2 Å². The Morgan fingerprint density at radius 3 is 2.11 bits per heavy atom. The third-order valence-electron chi connectivity index (χ3n) is 5.51. The van der Waals surface area contributed by atoms with Crippen LogP contribution in [0, 0.1) is 11.8 Å². The van der Waals surface area contributed by atoms with E-state index in [2.05, 4.69) is 5.32 Å². The summed E-state index contributed by atoms with van der Waals surface area (Å²) in [6, 6.07) is 12.5. The molecule has 0 aromatic heterocycles. The first-order chi connectivity index (χ1) is 18.0. The zero-order valence-corrected chi connectivity index (χ0v) is 21.9. The second-order valence-electron chi connectivity index (χ2n) is 9.63. The molecule has 1 saturated heterocycles. The molecule has 202 valence electrons. The molecule has 10 heteroatoms. The van der Waals surface area contributed by atoms with E-state index in [1.807, 2.05) is 13.8 Å². The van der Waals surface area contributed by atoms with Gasteiger partial charge in [0.1, 0.15) is 0 Å². The van der Waals surface area contributed by atoms with Crippen LogP contribution in [0.1, 0.15) is 54.8 Å². The number of amides is 2. The fourth-order valence-electron chi connectivity index (χ4n) is 3.64. The molecule has 1 N–H and O–H groups in total. The van der Waals surface area contributed by atoms with Crippen LogP contribution < -0.4 is 10.2 Å². The average Bonchev–Trinajstić information content (AvgIpc) is 3.27. The molecule has 2 aromatic carbocycles. The van der Waals surface area contributed by atoms with Gasteiger partial charge < -0.3 is 24.4 Å². The first kappa shape index (κ1) is 28.4. The van der Waals surface area contributed by atoms with Gasteiger partial charge in [0, 0.05) is 24.3 Å². The summed E-state index contributed by atoms with van der Waals surface area (Å²) >= 11 is 0. The molecule has 0 bridgehead atoms. The number of hydrogen-bond donors (Lipinski definition) is 1. The van der Waals surface area contributed by atoms with Gasteiger partial charge in [-0.05, 0) is 68.3 Å². The van der Waals surface area contributed by atoms with Gasteiger partial charge in [-0.1, -0.05) is 13.8 Å². The van der Waals surface area contributed by atoms with Gasteiger partial charge in [-0.2, -0.15) is 0 Å². The molecule has 0 unspecified atom stereocenters. The SMILES string of the molecule is CC(C)COC(=O)c1ccc(NC(=O)COC(=O)[C@H]2CC(=O)N(c3ccc(C(=O)OC(C)C)cc3)C2)cc1. The molecule has 0 saturated carbocycles. The first-order valence-electron chi connectivity index (χ1n) is 12.4. The summed E-state index contributed by atoms with van der Waals surface area (Å²) in [5.41, 5.74) is 1.68. The summed E-state index contributed by atoms with van der Waals surface area (Å²) in [5, 5.41) is 2.59. The first-order valence-corrected chi connectivity index (χ1v) is 12.4. The quantitative estimate of drug-likeness (QED) is 0.369. The number of anilines is 2. The highest BCUT2D eigenvalue weighted by atomic mass is 16.5. The Kier molecular flexibility index (Phi) is 9.59. The van der Waals surface area contributed by atoms with Gasteiger partial charge in [0.2, 0.25) is 5.91 Å². The van der Waals surface area contributed by atoms with Crippen LogP contribution in [-0.2, 0) is 28.6 Å². The molecule has 38 heavy (non-hydrogen) atoms. The molecular weight excluding hydrogens is 492 g/mol. The van der Waals surface area contributed by atoms with Crippen LogP contribution in [0.3, 0.4) is 0 Å². The number of rotatable bonds is 10. The normalized spacial score (nSPS) is 14.9. The van der Waals surface area contributed by atoms with E-state index in [9.17, 15) is 24.0 Å². The fraction of sp³-hybridized carbons (Fsp3) is 0.393. The van der Waals surface area contributed by atoms with Crippen LogP contribution >= 0.6 is 0 Å². The minimum absolute atomic E-state index is 0.0496. The number of carbonyl (C=O) groups is 5. The van der Waals surface area contributed by atoms with Gasteiger partial charge in [-0.15, -0.1) is 0 Å². The Balaban J connectivity index is 1.47. The molecule has 0 radical (unpaired) electrons. The lowest BCUT2D eigenvalue weighted by molar-refractivity contribution is -0.151. The van der Waals surface area contributed by atoms with E-state index >= 15 is 0 Å². The second-order valence-corrected chi connectivity index (χ2v) is 9.63. The molecule has 1 atom stereocenters. The van der Waals surface area contributed by atoms with Crippen molar-refractivity contribution in [3.63, 3.8) is 0 Å². The molecule has 2 aromatic rings. The van der Waals surface area contributed by atoms with Gasteiger partial charge >= 0.3 is 17.9 Å². The van der Waals surface area contributed by atoms with Crippen LogP contribution in [0.15, 0.2) is 48.5 Å². The van der Waals surface area contributed by atoms with Crippen LogP contribution in [-0.4, -0.2) is 55.6 Å². The van der Waals surface area contributed by atoms with E-state index in [0.717, 1.165) is 0 Å². The molecule has 0 spiro atoms. The Morgan fingerprint density at radius 1 is 0.895 bits per heavy atom. The number of nitrogens with one attached hydrogen (secondary N) is 1. The number of benzene rings is 2. The second kappa shape index (κ2) is 12.8. The Morgan fingerprint density at radius 2 is 1.50 bits per heavy atom. The lowest BCUT2D eigenvalue weighted by atomic mass is 10.1. The Hall–Kier alpha value is -4.21. The number of nitrogens with zero attached hydrogens (tertiary/aromatic N) is 1. The fourth-order valence-corrected chi connectivity index (χ4v) is 3.64.